The van der Waals surface area contributed by atoms with E-state index < -0.39 is 5.97 Å². The second-order valence-corrected chi connectivity index (χ2v) is 4.64. The number of rotatable bonds is 10. The molecule has 1 aromatic carbocycles. The molecule has 0 amide bonds. The van der Waals surface area contributed by atoms with Crippen LogP contribution >= 0.6 is 0 Å². The number of hydrogen-bond acceptors (Lipinski definition) is 4. The van der Waals surface area contributed by atoms with Gasteiger partial charge in [0, 0.05) is 26.7 Å². The fourth-order valence-electron chi connectivity index (χ4n) is 1.81. The van der Waals surface area contributed by atoms with Crippen LogP contribution in [0.4, 0.5) is 0 Å². The molecule has 112 valence electrons. The minimum atomic E-state index is -0.785. The maximum absolute atomic E-state index is 10.6. The maximum atomic E-state index is 10.6. The Labute approximate surface area is 120 Å². The molecule has 5 heteroatoms. The van der Waals surface area contributed by atoms with Crippen LogP contribution in [-0.2, 0) is 9.53 Å². The molecule has 0 bridgehead atoms. The highest BCUT2D eigenvalue weighted by atomic mass is 16.5. The van der Waals surface area contributed by atoms with Gasteiger partial charge >= 0.3 is 5.97 Å². The summed E-state index contributed by atoms with van der Waals surface area (Å²) < 4.78 is 10.7. The molecule has 20 heavy (non-hydrogen) atoms. The minimum Gasteiger partial charge on any atom is -0.492 e. The van der Waals surface area contributed by atoms with Crippen LogP contribution in [0.1, 0.15) is 12.0 Å². The summed E-state index contributed by atoms with van der Waals surface area (Å²) in [6.45, 7) is 5.04. The molecule has 0 aliphatic carbocycles. The Morgan fingerprint density at radius 1 is 1.25 bits per heavy atom. The zero-order chi connectivity index (χ0) is 14.8. The fraction of sp³-hybridized carbons (Fsp3) is 0.533. The van der Waals surface area contributed by atoms with Gasteiger partial charge in [-0.05, 0) is 24.6 Å². The highest BCUT2D eigenvalue weighted by molar-refractivity contribution is 5.66. The van der Waals surface area contributed by atoms with E-state index in [1.165, 1.54) is 0 Å². The Hall–Kier alpha value is -1.59. The largest absolute Gasteiger partial charge is 0.492 e. The molecule has 0 unspecified atom stereocenters. The molecule has 5 nitrogen and oxygen atoms in total. The molecule has 0 aliphatic heterocycles. The quantitative estimate of drug-likeness (QED) is 0.708. The molecular weight excluding hydrogens is 258 g/mol. The molecule has 1 N–H and O–H groups in total. The molecule has 0 saturated carbocycles. The summed E-state index contributed by atoms with van der Waals surface area (Å²) in [5.74, 6) is 0.0574. The number of ether oxygens (including phenoxy) is 2. The van der Waals surface area contributed by atoms with Crippen LogP contribution in [-0.4, -0.2) is 55.9 Å². The molecule has 0 radical (unpaired) electrons. The van der Waals surface area contributed by atoms with E-state index in [0.717, 1.165) is 11.3 Å². The molecule has 1 aromatic rings. The van der Waals surface area contributed by atoms with E-state index in [1.807, 2.05) is 36.1 Å². The van der Waals surface area contributed by atoms with E-state index in [4.69, 9.17) is 14.6 Å². The van der Waals surface area contributed by atoms with E-state index in [9.17, 15) is 4.79 Å². The van der Waals surface area contributed by atoms with Crippen molar-refractivity contribution >= 4 is 5.97 Å². The average molecular weight is 281 g/mol. The first-order valence-corrected chi connectivity index (χ1v) is 6.74. The summed E-state index contributed by atoms with van der Waals surface area (Å²) in [5.41, 5.74) is 1.16. The third kappa shape index (κ3) is 7.11. The zero-order valence-corrected chi connectivity index (χ0v) is 12.2. The lowest BCUT2D eigenvalue weighted by molar-refractivity contribution is -0.137. The van der Waals surface area contributed by atoms with Gasteiger partial charge in [0.25, 0.3) is 0 Å². The lowest BCUT2D eigenvalue weighted by Crippen LogP contribution is -2.33. The van der Waals surface area contributed by atoms with Crippen LogP contribution in [0.3, 0.4) is 0 Å². The summed E-state index contributed by atoms with van der Waals surface area (Å²) in [6, 6.07) is 7.88. The number of carbonyl (C=O) groups is 1. The summed E-state index contributed by atoms with van der Waals surface area (Å²) >= 11 is 0. The van der Waals surface area contributed by atoms with Gasteiger partial charge in [-0.1, -0.05) is 12.1 Å². The smallest absolute Gasteiger partial charge is 0.304 e. The second-order valence-electron chi connectivity index (χ2n) is 4.64. The monoisotopic (exact) mass is 281 g/mol. The molecule has 0 aliphatic rings. The number of aryl methyl sites for hydroxylation is 1. The molecule has 0 saturated heterocycles. The molecular formula is C15H23NO4. The number of carboxylic acids is 1. The van der Waals surface area contributed by atoms with Crippen molar-refractivity contribution in [3.8, 4) is 5.75 Å². The second kappa shape index (κ2) is 9.34. The van der Waals surface area contributed by atoms with E-state index in [-0.39, 0.29) is 6.42 Å². The zero-order valence-electron chi connectivity index (χ0n) is 12.2. The van der Waals surface area contributed by atoms with Crippen molar-refractivity contribution in [1.29, 1.82) is 0 Å². The molecule has 0 aromatic heterocycles. The van der Waals surface area contributed by atoms with Gasteiger partial charge in [0.05, 0.1) is 13.0 Å². The van der Waals surface area contributed by atoms with Gasteiger partial charge in [-0.3, -0.25) is 9.69 Å². The predicted molar refractivity (Wildman–Crippen MR) is 77.2 cm³/mol. The highest BCUT2D eigenvalue weighted by Gasteiger charge is 2.07. The van der Waals surface area contributed by atoms with Gasteiger partial charge in [-0.2, -0.15) is 0 Å². The van der Waals surface area contributed by atoms with Crippen LogP contribution in [0, 0.1) is 6.92 Å². The van der Waals surface area contributed by atoms with E-state index in [0.29, 0.717) is 32.8 Å². The number of carboxylic acid groups (broad SMARTS) is 1. The number of nitrogens with zero attached hydrogens (tertiary/aromatic N) is 1. The fourth-order valence-corrected chi connectivity index (χ4v) is 1.81. The minimum absolute atomic E-state index is 0.133. The SMILES string of the molecule is COCCN(CCOc1cccc(C)c1)CCC(=O)O. The molecule has 0 fully saturated rings. The lowest BCUT2D eigenvalue weighted by atomic mass is 10.2. The van der Waals surface area contributed by atoms with E-state index >= 15 is 0 Å². The van der Waals surface area contributed by atoms with Crippen molar-refractivity contribution in [2.24, 2.45) is 0 Å². The summed E-state index contributed by atoms with van der Waals surface area (Å²) in [6.07, 6.45) is 0.133. The third-order valence-corrected chi connectivity index (χ3v) is 2.92. The van der Waals surface area contributed by atoms with Crippen molar-refractivity contribution < 1.29 is 19.4 Å². The van der Waals surface area contributed by atoms with Crippen molar-refractivity contribution in [2.75, 3.05) is 40.0 Å². The Morgan fingerprint density at radius 3 is 2.65 bits per heavy atom. The highest BCUT2D eigenvalue weighted by Crippen LogP contribution is 2.12. The number of methoxy groups -OCH3 is 1. The number of aliphatic carboxylic acids is 1. The Kier molecular flexibility index (Phi) is 7.69. The van der Waals surface area contributed by atoms with E-state index in [1.54, 1.807) is 7.11 Å². The average Bonchev–Trinajstić information content (AvgIpc) is 2.41. The topological polar surface area (TPSA) is 59.0 Å². The van der Waals surface area contributed by atoms with Crippen molar-refractivity contribution in [2.45, 2.75) is 13.3 Å². The summed E-state index contributed by atoms with van der Waals surface area (Å²) in [7, 11) is 1.64. The van der Waals surface area contributed by atoms with Gasteiger partial charge in [0.15, 0.2) is 0 Å². The third-order valence-electron chi connectivity index (χ3n) is 2.92. The molecule has 1 rings (SSSR count). The molecule has 0 heterocycles. The van der Waals surface area contributed by atoms with Gasteiger partial charge in [-0.25, -0.2) is 0 Å². The van der Waals surface area contributed by atoms with Crippen LogP contribution in [0.5, 0.6) is 5.75 Å². The Morgan fingerprint density at radius 2 is 2.00 bits per heavy atom. The summed E-state index contributed by atoms with van der Waals surface area (Å²) in [4.78, 5) is 12.7. The predicted octanol–water partition coefficient (Wildman–Crippen LogP) is 1.80. The molecule has 0 spiro atoms. The maximum Gasteiger partial charge on any atom is 0.304 e. The van der Waals surface area contributed by atoms with Crippen LogP contribution < -0.4 is 4.74 Å². The van der Waals surface area contributed by atoms with Gasteiger partial charge in [0.1, 0.15) is 12.4 Å². The Bertz CT molecular complexity index is 409. The van der Waals surface area contributed by atoms with Gasteiger partial charge < -0.3 is 14.6 Å². The van der Waals surface area contributed by atoms with Crippen LogP contribution in [0.2, 0.25) is 0 Å². The van der Waals surface area contributed by atoms with Crippen molar-refractivity contribution in [3.05, 3.63) is 29.8 Å². The van der Waals surface area contributed by atoms with Crippen LogP contribution in [0.15, 0.2) is 24.3 Å². The van der Waals surface area contributed by atoms with Crippen molar-refractivity contribution in [3.63, 3.8) is 0 Å². The van der Waals surface area contributed by atoms with E-state index in [2.05, 4.69) is 0 Å². The lowest BCUT2D eigenvalue weighted by Gasteiger charge is -2.21. The van der Waals surface area contributed by atoms with Crippen LogP contribution in [0.25, 0.3) is 0 Å². The first-order chi connectivity index (χ1) is 9.61. The first kappa shape index (κ1) is 16.5. The molecule has 0 atom stereocenters. The number of hydrogen-bond donors (Lipinski definition) is 1. The Balaban J connectivity index is 2.34. The normalized spacial score (nSPS) is 10.8. The first-order valence-electron chi connectivity index (χ1n) is 6.74. The number of benzene rings is 1. The standard InChI is InChI=1S/C15H23NO4/c1-13-4-3-5-14(12-13)20-11-9-16(8-10-19-2)7-6-15(17)18/h3-5,12H,6-11H2,1-2H3,(H,17,18). The summed E-state index contributed by atoms with van der Waals surface area (Å²) in [5, 5.41) is 8.73. The van der Waals surface area contributed by atoms with Gasteiger partial charge in [-0.15, -0.1) is 0 Å². The van der Waals surface area contributed by atoms with Crippen molar-refractivity contribution in [1.82, 2.24) is 4.90 Å². The van der Waals surface area contributed by atoms with Gasteiger partial charge in [0.2, 0.25) is 0 Å².